The average molecular weight is 408 g/mol. The minimum atomic E-state index is -0.751. The molecule has 0 unspecified atom stereocenters. The second-order valence-corrected chi connectivity index (χ2v) is 6.91. The van der Waals surface area contributed by atoms with Gasteiger partial charge in [-0.25, -0.2) is 9.59 Å². The van der Waals surface area contributed by atoms with Gasteiger partial charge in [0.2, 0.25) is 0 Å². The van der Waals surface area contributed by atoms with Crippen molar-refractivity contribution in [1.82, 2.24) is 4.90 Å². The Morgan fingerprint density at radius 1 is 1.10 bits per heavy atom. The van der Waals surface area contributed by atoms with Crippen LogP contribution in [0.2, 0.25) is 0 Å². The maximum Gasteiger partial charge on any atom is 0.409 e. The SMILES string of the molecule is COC(=O)N1CCc2ccc(NC(=O)c3cc4cccc(OC)c4oc3=O)cc2C1. The van der Waals surface area contributed by atoms with E-state index >= 15 is 0 Å². The number of fused-ring (bicyclic) bond motifs is 2. The van der Waals surface area contributed by atoms with E-state index in [4.69, 9.17) is 13.9 Å². The molecule has 0 spiro atoms. The summed E-state index contributed by atoms with van der Waals surface area (Å²) >= 11 is 0. The molecule has 154 valence electrons. The van der Waals surface area contributed by atoms with Gasteiger partial charge in [-0.1, -0.05) is 18.2 Å². The van der Waals surface area contributed by atoms with Crippen molar-refractivity contribution < 1.29 is 23.5 Å². The minimum Gasteiger partial charge on any atom is -0.493 e. The molecule has 1 N–H and O–H groups in total. The van der Waals surface area contributed by atoms with E-state index in [1.54, 1.807) is 35.2 Å². The number of carbonyl (C=O) groups is 2. The Hall–Kier alpha value is -3.81. The maximum absolute atomic E-state index is 12.7. The summed E-state index contributed by atoms with van der Waals surface area (Å²) < 4.78 is 15.3. The number of anilines is 1. The van der Waals surface area contributed by atoms with E-state index in [0.29, 0.717) is 41.9 Å². The summed E-state index contributed by atoms with van der Waals surface area (Å²) in [5.74, 6) is -0.157. The standard InChI is InChI=1S/C22H20N2O6/c1-28-18-5-3-4-14-11-17(21(26)30-19(14)18)20(25)23-16-7-6-13-8-9-24(22(27)29-2)12-15(13)10-16/h3-7,10-11H,8-9,12H2,1-2H3,(H,23,25). The lowest BCUT2D eigenvalue weighted by atomic mass is 9.99. The lowest BCUT2D eigenvalue weighted by Gasteiger charge is -2.28. The Balaban J connectivity index is 1.60. The topological polar surface area (TPSA) is 98.1 Å². The van der Waals surface area contributed by atoms with Crippen LogP contribution < -0.4 is 15.7 Å². The molecule has 1 aromatic heterocycles. The maximum atomic E-state index is 12.7. The highest BCUT2D eigenvalue weighted by Crippen LogP contribution is 2.26. The summed E-state index contributed by atoms with van der Waals surface area (Å²) in [5, 5.41) is 3.32. The van der Waals surface area contributed by atoms with Gasteiger partial charge in [-0.15, -0.1) is 0 Å². The Morgan fingerprint density at radius 2 is 1.93 bits per heavy atom. The van der Waals surface area contributed by atoms with Crippen LogP contribution in [0.25, 0.3) is 11.0 Å². The van der Waals surface area contributed by atoms with Gasteiger partial charge in [0.1, 0.15) is 5.56 Å². The van der Waals surface area contributed by atoms with Gasteiger partial charge in [0, 0.05) is 24.2 Å². The molecule has 8 heteroatoms. The molecule has 3 aromatic rings. The molecule has 1 aliphatic rings. The van der Waals surface area contributed by atoms with Gasteiger partial charge in [-0.2, -0.15) is 0 Å². The third-order valence-corrected chi connectivity index (χ3v) is 5.10. The van der Waals surface area contributed by atoms with Crippen LogP contribution in [0.1, 0.15) is 21.5 Å². The largest absolute Gasteiger partial charge is 0.493 e. The Kier molecular flexibility index (Phi) is 5.14. The number of hydrogen-bond donors (Lipinski definition) is 1. The van der Waals surface area contributed by atoms with E-state index in [1.807, 2.05) is 6.07 Å². The van der Waals surface area contributed by atoms with Crippen molar-refractivity contribution in [3.05, 3.63) is 69.6 Å². The molecule has 1 aliphatic heterocycles. The summed E-state index contributed by atoms with van der Waals surface area (Å²) in [6.45, 7) is 0.969. The highest BCUT2D eigenvalue weighted by Gasteiger charge is 2.22. The van der Waals surface area contributed by atoms with Gasteiger partial charge in [-0.3, -0.25) is 4.79 Å². The summed E-state index contributed by atoms with van der Waals surface area (Å²) in [5.41, 5.74) is 1.98. The summed E-state index contributed by atoms with van der Waals surface area (Å²) in [6, 6.07) is 12.1. The first kappa shape index (κ1) is 19.5. The molecule has 4 rings (SSSR count). The van der Waals surface area contributed by atoms with Crippen LogP contribution in [-0.4, -0.2) is 37.7 Å². The van der Waals surface area contributed by atoms with Crippen molar-refractivity contribution in [3.8, 4) is 5.75 Å². The molecule has 0 fully saturated rings. The van der Waals surface area contributed by atoms with E-state index in [2.05, 4.69) is 5.32 Å². The van der Waals surface area contributed by atoms with Crippen LogP contribution in [0.5, 0.6) is 5.75 Å². The van der Waals surface area contributed by atoms with E-state index in [-0.39, 0.29) is 11.7 Å². The van der Waals surface area contributed by atoms with Crippen molar-refractivity contribution in [2.24, 2.45) is 0 Å². The number of methoxy groups -OCH3 is 2. The molecule has 0 radical (unpaired) electrons. The van der Waals surface area contributed by atoms with Crippen LogP contribution in [0.4, 0.5) is 10.5 Å². The fourth-order valence-electron chi connectivity index (χ4n) is 3.55. The molecule has 0 atom stereocenters. The van der Waals surface area contributed by atoms with E-state index in [0.717, 1.165) is 11.1 Å². The number of amides is 2. The Labute approximate surface area is 172 Å². The molecular weight excluding hydrogens is 388 g/mol. The minimum absolute atomic E-state index is 0.107. The average Bonchev–Trinajstić information content (AvgIpc) is 2.77. The normalized spacial score (nSPS) is 12.9. The fraction of sp³-hybridized carbons (Fsp3) is 0.227. The van der Waals surface area contributed by atoms with Crippen molar-refractivity contribution in [2.45, 2.75) is 13.0 Å². The lowest BCUT2D eigenvalue weighted by Crippen LogP contribution is -2.35. The van der Waals surface area contributed by atoms with Crippen molar-refractivity contribution in [3.63, 3.8) is 0 Å². The smallest absolute Gasteiger partial charge is 0.409 e. The molecule has 30 heavy (non-hydrogen) atoms. The zero-order chi connectivity index (χ0) is 21.3. The van der Waals surface area contributed by atoms with E-state index in [1.165, 1.54) is 20.3 Å². The van der Waals surface area contributed by atoms with E-state index in [9.17, 15) is 14.4 Å². The second-order valence-electron chi connectivity index (χ2n) is 6.91. The number of benzene rings is 2. The summed E-state index contributed by atoms with van der Waals surface area (Å²) in [6.07, 6.45) is 0.314. The molecule has 2 heterocycles. The number of hydrogen-bond acceptors (Lipinski definition) is 6. The highest BCUT2D eigenvalue weighted by atomic mass is 16.5. The van der Waals surface area contributed by atoms with Gasteiger partial charge >= 0.3 is 11.7 Å². The quantitative estimate of drug-likeness (QED) is 0.669. The molecule has 2 aromatic carbocycles. The number of rotatable bonds is 3. The second kappa shape index (κ2) is 7.90. The van der Waals surface area contributed by atoms with Gasteiger partial charge in [0.05, 0.1) is 14.2 Å². The Bertz CT molecular complexity index is 1200. The summed E-state index contributed by atoms with van der Waals surface area (Å²) in [7, 11) is 2.83. The third-order valence-electron chi connectivity index (χ3n) is 5.10. The number of nitrogens with zero attached hydrogens (tertiary/aromatic N) is 1. The zero-order valence-corrected chi connectivity index (χ0v) is 16.6. The first-order chi connectivity index (χ1) is 14.5. The number of ether oxygens (including phenoxy) is 2. The van der Waals surface area contributed by atoms with Crippen LogP contribution in [0, 0.1) is 0 Å². The molecular formula is C22H20N2O6. The number of carbonyl (C=O) groups excluding carboxylic acids is 2. The summed E-state index contributed by atoms with van der Waals surface area (Å²) in [4.78, 5) is 38.5. The third kappa shape index (κ3) is 3.59. The molecule has 0 saturated carbocycles. The first-order valence-corrected chi connectivity index (χ1v) is 9.37. The zero-order valence-electron chi connectivity index (χ0n) is 16.6. The number of para-hydroxylation sites is 1. The fourth-order valence-corrected chi connectivity index (χ4v) is 3.55. The molecule has 0 aliphatic carbocycles. The van der Waals surface area contributed by atoms with Crippen LogP contribution >= 0.6 is 0 Å². The molecule has 0 bridgehead atoms. The molecule has 2 amide bonds. The predicted molar refractivity (Wildman–Crippen MR) is 110 cm³/mol. The van der Waals surface area contributed by atoms with Gasteiger partial charge in [-0.05, 0) is 41.8 Å². The van der Waals surface area contributed by atoms with Crippen LogP contribution in [0.15, 0.2) is 51.7 Å². The van der Waals surface area contributed by atoms with E-state index < -0.39 is 11.5 Å². The van der Waals surface area contributed by atoms with Gasteiger partial charge < -0.3 is 24.1 Å². The predicted octanol–water partition coefficient (Wildman–Crippen LogP) is 3.18. The van der Waals surface area contributed by atoms with Crippen molar-refractivity contribution >= 4 is 28.7 Å². The Morgan fingerprint density at radius 3 is 2.70 bits per heavy atom. The first-order valence-electron chi connectivity index (χ1n) is 9.37. The molecule has 0 saturated heterocycles. The van der Waals surface area contributed by atoms with Crippen molar-refractivity contribution in [2.75, 3.05) is 26.1 Å². The van der Waals surface area contributed by atoms with Crippen molar-refractivity contribution in [1.29, 1.82) is 0 Å². The monoisotopic (exact) mass is 408 g/mol. The highest BCUT2D eigenvalue weighted by molar-refractivity contribution is 6.05. The van der Waals surface area contributed by atoms with Gasteiger partial charge in [0.15, 0.2) is 11.3 Å². The van der Waals surface area contributed by atoms with Gasteiger partial charge in [0.25, 0.3) is 5.91 Å². The van der Waals surface area contributed by atoms with Crippen LogP contribution in [-0.2, 0) is 17.7 Å². The van der Waals surface area contributed by atoms with Crippen LogP contribution in [0.3, 0.4) is 0 Å². The number of nitrogens with one attached hydrogen (secondary N) is 1. The molecule has 8 nitrogen and oxygen atoms in total. The lowest BCUT2D eigenvalue weighted by molar-refractivity contribution is 0.102.